The van der Waals surface area contributed by atoms with Gasteiger partial charge in [-0.25, -0.2) is 4.39 Å². The lowest BCUT2D eigenvalue weighted by molar-refractivity contribution is -0.145. The fourth-order valence-corrected chi connectivity index (χ4v) is 2.27. The van der Waals surface area contributed by atoms with Crippen LogP contribution in [0.2, 0.25) is 0 Å². The maximum absolute atomic E-state index is 13.7. The molecule has 5 nitrogen and oxygen atoms in total. The van der Waals surface area contributed by atoms with E-state index < -0.39 is 18.1 Å². The highest BCUT2D eigenvalue weighted by Gasteiger charge is 2.29. The SMILES string of the molecule is CC(O)C(O)C(=O)N1CCN(c2ccccc2F)CC1. The molecular weight excluding hydrogens is 263 g/mol. The molecule has 2 atom stereocenters. The van der Waals surface area contributed by atoms with Gasteiger partial charge in [0.15, 0.2) is 6.10 Å². The minimum Gasteiger partial charge on any atom is -0.390 e. The number of hydrogen-bond donors (Lipinski definition) is 2. The molecule has 0 aliphatic carbocycles. The molecule has 1 fully saturated rings. The van der Waals surface area contributed by atoms with Crippen LogP contribution in [0.15, 0.2) is 24.3 Å². The van der Waals surface area contributed by atoms with Crippen molar-refractivity contribution in [1.29, 1.82) is 0 Å². The Kier molecular flexibility index (Phi) is 4.57. The second kappa shape index (κ2) is 6.19. The van der Waals surface area contributed by atoms with Crippen LogP contribution in [0.1, 0.15) is 6.92 Å². The molecule has 1 amide bonds. The van der Waals surface area contributed by atoms with Gasteiger partial charge < -0.3 is 20.0 Å². The fraction of sp³-hybridized carbons (Fsp3) is 0.500. The lowest BCUT2D eigenvalue weighted by atomic mass is 10.1. The first-order valence-electron chi connectivity index (χ1n) is 6.65. The summed E-state index contributed by atoms with van der Waals surface area (Å²) in [5, 5.41) is 18.8. The third-order valence-corrected chi connectivity index (χ3v) is 3.49. The number of carbonyl (C=O) groups excluding carboxylic acids is 1. The van der Waals surface area contributed by atoms with E-state index in [2.05, 4.69) is 0 Å². The Morgan fingerprint density at radius 3 is 2.35 bits per heavy atom. The number of nitrogens with zero attached hydrogens (tertiary/aromatic N) is 2. The number of halogens is 1. The number of benzene rings is 1. The van der Waals surface area contributed by atoms with Crippen molar-refractivity contribution in [2.75, 3.05) is 31.1 Å². The van der Waals surface area contributed by atoms with Crippen molar-refractivity contribution in [2.45, 2.75) is 19.1 Å². The number of piperazine rings is 1. The predicted octanol–water partition coefficient (Wildman–Crippen LogP) is 0.216. The van der Waals surface area contributed by atoms with Gasteiger partial charge in [0.1, 0.15) is 5.82 Å². The van der Waals surface area contributed by atoms with Crippen LogP contribution in [-0.4, -0.2) is 59.4 Å². The van der Waals surface area contributed by atoms with Crippen LogP contribution in [0.25, 0.3) is 0 Å². The number of carbonyl (C=O) groups is 1. The normalized spacial score (nSPS) is 18.8. The van der Waals surface area contributed by atoms with Crippen molar-refractivity contribution in [3.8, 4) is 0 Å². The van der Waals surface area contributed by atoms with Crippen LogP contribution < -0.4 is 4.90 Å². The molecule has 2 N–H and O–H groups in total. The summed E-state index contributed by atoms with van der Waals surface area (Å²) < 4.78 is 13.7. The van der Waals surface area contributed by atoms with Gasteiger partial charge in [0.05, 0.1) is 11.8 Å². The summed E-state index contributed by atoms with van der Waals surface area (Å²) in [6, 6.07) is 6.52. The topological polar surface area (TPSA) is 64.0 Å². The fourth-order valence-electron chi connectivity index (χ4n) is 2.27. The Morgan fingerprint density at radius 1 is 1.20 bits per heavy atom. The summed E-state index contributed by atoms with van der Waals surface area (Å²) in [5.41, 5.74) is 0.524. The molecule has 1 aliphatic heterocycles. The van der Waals surface area contributed by atoms with Crippen molar-refractivity contribution in [3.63, 3.8) is 0 Å². The standard InChI is InChI=1S/C14H19FN2O3/c1-10(18)13(19)14(20)17-8-6-16(7-9-17)12-5-3-2-4-11(12)15/h2-5,10,13,18-19H,6-9H2,1H3. The minimum atomic E-state index is -1.39. The molecule has 1 aromatic carbocycles. The monoisotopic (exact) mass is 282 g/mol. The van der Waals surface area contributed by atoms with E-state index >= 15 is 0 Å². The zero-order valence-corrected chi connectivity index (χ0v) is 11.4. The number of hydrogen-bond acceptors (Lipinski definition) is 4. The maximum Gasteiger partial charge on any atom is 0.254 e. The summed E-state index contributed by atoms with van der Waals surface area (Å²) >= 11 is 0. The smallest absolute Gasteiger partial charge is 0.254 e. The summed E-state index contributed by atoms with van der Waals surface area (Å²) in [5.74, 6) is -0.760. The van der Waals surface area contributed by atoms with Gasteiger partial charge >= 0.3 is 0 Å². The van der Waals surface area contributed by atoms with Crippen LogP contribution >= 0.6 is 0 Å². The first kappa shape index (κ1) is 14.7. The highest BCUT2D eigenvalue weighted by molar-refractivity contribution is 5.81. The second-order valence-electron chi connectivity index (χ2n) is 4.95. The number of aliphatic hydroxyl groups is 2. The van der Waals surface area contributed by atoms with E-state index in [1.165, 1.54) is 17.9 Å². The Morgan fingerprint density at radius 2 is 1.80 bits per heavy atom. The molecule has 6 heteroatoms. The number of para-hydroxylation sites is 1. The lowest BCUT2D eigenvalue weighted by Gasteiger charge is -2.37. The van der Waals surface area contributed by atoms with Crippen molar-refractivity contribution >= 4 is 11.6 Å². The van der Waals surface area contributed by atoms with E-state index in [1.54, 1.807) is 18.2 Å². The predicted molar refractivity (Wildman–Crippen MR) is 72.9 cm³/mol. The van der Waals surface area contributed by atoms with Gasteiger partial charge in [-0.05, 0) is 19.1 Å². The van der Waals surface area contributed by atoms with Gasteiger partial charge in [0.25, 0.3) is 5.91 Å². The molecule has 1 aromatic rings. The maximum atomic E-state index is 13.7. The summed E-state index contributed by atoms with van der Waals surface area (Å²) in [7, 11) is 0. The lowest BCUT2D eigenvalue weighted by Crippen LogP contribution is -2.53. The Balaban J connectivity index is 1.96. The quantitative estimate of drug-likeness (QED) is 0.832. The van der Waals surface area contributed by atoms with Crippen LogP contribution in [0, 0.1) is 5.82 Å². The molecule has 20 heavy (non-hydrogen) atoms. The van der Waals surface area contributed by atoms with Gasteiger partial charge in [-0.2, -0.15) is 0 Å². The highest BCUT2D eigenvalue weighted by atomic mass is 19.1. The molecule has 1 saturated heterocycles. The van der Waals surface area contributed by atoms with Gasteiger partial charge in [-0.1, -0.05) is 12.1 Å². The molecule has 0 saturated carbocycles. The zero-order valence-electron chi connectivity index (χ0n) is 11.4. The van der Waals surface area contributed by atoms with Crippen LogP contribution in [0.3, 0.4) is 0 Å². The average molecular weight is 282 g/mol. The summed E-state index contributed by atoms with van der Waals surface area (Å²) in [4.78, 5) is 15.2. The first-order valence-corrected chi connectivity index (χ1v) is 6.65. The van der Waals surface area contributed by atoms with Crippen molar-refractivity contribution in [3.05, 3.63) is 30.1 Å². The Bertz CT molecular complexity index is 473. The Hall–Kier alpha value is -1.66. The third kappa shape index (κ3) is 3.08. The van der Waals surface area contributed by atoms with Crippen LogP contribution in [0.5, 0.6) is 0 Å². The summed E-state index contributed by atoms with van der Waals surface area (Å²) in [6.07, 6.45) is -2.48. The third-order valence-electron chi connectivity index (χ3n) is 3.49. The molecule has 110 valence electrons. The van der Waals surface area contributed by atoms with E-state index in [0.717, 1.165) is 0 Å². The van der Waals surface area contributed by atoms with Gasteiger partial charge in [0, 0.05) is 26.2 Å². The first-order chi connectivity index (χ1) is 9.50. The molecule has 0 radical (unpaired) electrons. The largest absolute Gasteiger partial charge is 0.390 e. The molecule has 2 rings (SSSR count). The summed E-state index contributed by atoms with van der Waals surface area (Å²) in [6.45, 7) is 3.17. The number of amides is 1. The van der Waals surface area contributed by atoms with Crippen molar-refractivity contribution < 1.29 is 19.4 Å². The number of anilines is 1. The van der Waals surface area contributed by atoms with Crippen molar-refractivity contribution in [1.82, 2.24) is 4.90 Å². The number of rotatable bonds is 3. The second-order valence-corrected chi connectivity index (χ2v) is 4.95. The van der Waals surface area contributed by atoms with E-state index in [0.29, 0.717) is 31.9 Å². The minimum absolute atomic E-state index is 0.281. The molecule has 0 bridgehead atoms. The van der Waals surface area contributed by atoms with E-state index in [-0.39, 0.29) is 5.82 Å². The van der Waals surface area contributed by atoms with Gasteiger partial charge in [0.2, 0.25) is 0 Å². The van der Waals surface area contributed by atoms with E-state index in [4.69, 9.17) is 0 Å². The molecule has 0 aromatic heterocycles. The number of aliphatic hydroxyl groups excluding tert-OH is 2. The van der Waals surface area contributed by atoms with E-state index in [1.807, 2.05) is 4.90 Å². The molecule has 2 unspecified atom stereocenters. The van der Waals surface area contributed by atoms with Crippen LogP contribution in [0.4, 0.5) is 10.1 Å². The highest BCUT2D eigenvalue weighted by Crippen LogP contribution is 2.20. The molecule has 0 spiro atoms. The Labute approximate surface area is 117 Å². The van der Waals surface area contributed by atoms with Crippen molar-refractivity contribution in [2.24, 2.45) is 0 Å². The average Bonchev–Trinajstić information content (AvgIpc) is 2.46. The molecular formula is C14H19FN2O3. The molecule has 1 heterocycles. The van der Waals surface area contributed by atoms with Gasteiger partial charge in [-0.3, -0.25) is 4.79 Å². The van der Waals surface area contributed by atoms with Crippen LogP contribution in [-0.2, 0) is 4.79 Å². The zero-order chi connectivity index (χ0) is 14.7. The van der Waals surface area contributed by atoms with Gasteiger partial charge in [-0.15, -0.1) is 0 Å². The molecule has 1 aliphatic rings. The van der Waals surface area contributed by atoms with E-state index in [9.17, 15) is 19.4 Å².